The molecule has 1 aliphatic heterocycles. The molecule has 1 heterocycles. The molecule has 3 rings (SSSR count). The molecule has 2 aromatic carbocycles. The van der Waals surface area contributed by atoms with E-state index in [1.54, 1.807) is 18.2 Å². The Morgan fingerprint density at radius 3 is 2.28 bits per heavy atom. The first-order valence-corrected chi connectivity index (χ1v) is 9.70. The number of carbonyl (C=O) groups excluding carboxylic acids is 1. The summed E-state index contributed by atoms with van der Waals surface area (Å²) in [6.07, 6.45) is -4.36. The van der Waals surface area contributed by atoms with Gasteiger partial charge in [-0.05, 0) is 29.8 Å². The highest BCUT2D eigenvalue weighted by molar-refractivity contribution is 8.13. The van der Waals surface area contributed by atoms with Gasteiger partial charge in [-0.3, -0.25) is 14.7 Å². The fourth-order valence-corrected chi connectivity index (χ4v) is 3.87. The number of ether oxygens (including phenoxy) is 2. The van der Waals surface area contributed by atoms with Crippen LogP contribution < -0.4 is 9.47 Å². The number of carbonyl (C=O) groups is 1. The monoisotopic (exact) mass is 424 g/mol. The number of hydrogen-bond acceptors (Lipinski definition) is 5. The van der Waals surface area contributed by atoms with E-state index in [4.69, 9.17) is 9.47 Å². The molecule has 0 unspecified atom stereocenters. The molecule has 0 aromatic heterocycles. The fourth-order valence-electron chi connectivity index (χ4n) is 2.87. The average molecular weight is 424 g/mol. The first-order chi connectivity index (χ1) is 13.8. The van der Waals surface area contributed by atoms with Crippen LogP contribution in [0.4, 0.5) is 13.2 Å². The first-order valence-electron chi connectivity index (χ1n) is 8.71. The van der Waals surface area contributed by atoms with Crippen LogP contribution in [0.15, 0.2) is 47.5 Å². The Labute approximate surface area is 170 Å². The molecule has 0 aliphatic carbocycles. The quantitative estimate of drug-likeness (QED) is 0.711. The van der Waals surface area contributed by atoms with E-state index in [2.05, 4.69) is 4.99 Å². The summed E-state index contributed by atoms with van der Waals surface area (Å²) in [5, 5.41) is 0.517. The summed E-state index contributed by atoms with van der Waals surface area (Å²) in [4.78, 5) is 19.0. The van der Waals surface area contributed by atoms with Crippen molar-refractivity contribution in [1.29, 1.82) is 0 Å². The van der Waals surface area contributed by atoms with Gasteiger partial charge in [-0.1, -0.05) is 30.0 Å². The molecule has 0 N–H and O–H groups in total. The summed E-state index contributed by atoms with van der Waals surface area (Å²) in [6, 6.07) is 10.0. The maximum absolute atomic E-state index is 13.1. The molecule has 1 amide bonds. The number of alkyl halides is 3. The third-order valence-electron chi connectivity index (χ3n) is 4.34. The molecule has 5 nitrogen and oxygen atoms in total. The van der Waals surface area contributed by atoms with E-state index in [0.29, 0.717) is 46.6 Å². The Balaban J connectivity index is 1.73. The van der Waals surface area contributed by atoms with Crippen LogP contribution in [0.3, 0.4) is 0 Å². The van der Waals surface area contributed by atoms with Crippen molar-refractivity contribution in [3.8, 4) is 11.5 Å². The Bertz CT molecular complexity index is 892. The lowest BCUT2D eigenvalue weighted by Gasteiger charge is -2.20. The van der Waals surface area contributed by atoms with Gasteiger partial charge in [-0.15, -0.1) is 0 Å². The number of benzene rings is 2. The largest absolute Gasteiger partial charge is 0.496 e. The topological polar surface area (TPSA) is 51.1 Å². The van der Waals surface area contributed by atoms with Gasteiger partial charge in [0, 0.05) is 12.3 Å². The maximum atomic E-state index is 13.1. The van der Waals surface area contributed by atoms with Crippen molar-refractivity contribution in [1.82, 2.24) is 4.90 Å². The second-order valence-corrected chi connectivity index (χ2v) is 7.08. The van der Waals surface area contributed by atoms with Gasteiger partial charge in [0.05, 0.1) is 26.3 Å². The molecule has 9 heteroatoms. The Hall–Kier alpha value is -2.68. The third-order valence-corrected chi connectivity index (χ3v) is 5.42. The zero-order valence-corrected chi connectivity index (χ0v) is 16.6. The van der Waals surface area contributed by atoms with Crippen LogP contribution >= 0.6 is 11.8 Å². The zero-order valence-electron chi connectivity index (χ0n) is 15.8. The zero-order chi connectivity index (χ0) is 21.0. The van der Waals surface area contributed by atoms with Crippen molar-refractivity contribution in [3.63, 3.8) is 0 Å². The number of hydrogen-bond donors (Lipinski definition) is 0. The van der Waals surface area contributed by atoms with Gasteiger partial charge in [-0.2, -0.15) is 13.2 Å². The minimum Gasteiger partial charge on any atom is -0.496 e. The van der Waals surface area contributed by atoms with Gasteiger partial charge in [0.1, 0.15) is 17.1 Å². The van der Waals surface area contributed by atoms with Crippen molar-refractivity contribution in [2.75, 3.05) is 27.3 Å². The van der Waals surface area contributed by atoms with Crippen LogP contribution in [-0.2, 0) is 11.9 Å². The molecular formula is C20H19F3N2O3S. The molecule has 0 saturated heterocycles. The van der Waals surface area contributed by atoms with Gasteiger partial charge in [-0.25, -0.2) is 0 Å². The van der Waals surface area contributed by atoms with Crippen molar-refractivity contribution in [2.24, 2.45) is 4.99 Å². The van der Waals surface area contributed by atoms with E-state index in [9.17, 15) is 18.0 Å². The summed E-state index contributed by atoms with van der Waals surface area (Å²) in [5.74, 6) is 0.890. The van der Waals surface area contributed by atoms with Gasteiger partial charge in [0.15, 0.2) is 5.17 Å². The number of methoxy groups -OCH3 is 2. The van der Waals surface area contributed by atoms with Crippen LogP contribution in [0.5, 0.6) is 11.5 Å². The molecule has 0 bridgehead atoms. The SMILES string of the molecule is COc1cccc(OC)c1C(=O)N1CCN=C1SCc1ccc(C(F)(F)F)cc1. The minimum absolute atomic E-state index is 0.296. The molecule has 154 valence electrons. The molecule has 0 radical (unpaired) electrons. The van der Waals surface area contributed by atoms with E-state index in [0.717, 1.165) is 12.1 Å². The molecule has 0 fully saturated rings. The number of halogens is 3. The van der Waals surface area contributed by atoms with E-state index < -0.39 is 11.7 Å². The molecule has 0 saturated carbocycles. The van der Waals surface area contributed by atoms with Gasteiger partial charge >= 0.3 is 6.18 Å². The number of amidine groups is 1. The van der Waals surface area contributed by atoms with Crippen LogP contribution in [0.2, 0.25) is 0 Å². The summed E-state index contributed by atoms with van der Waals surface area (Å²) in [7, 11) is 2.95. The van der Waals surface area contributed by atoms with Gasteiger partial charge in [0.25, 0.3) is 5.91 Å². The van der Waals surface area contributed by atoms with Crippen LogP contribution in [0, 0.1) is 0 Å². The van der Waals surface area contributed by atoms with Crippen molar-refractivity contribution < 1.29 is 27.4 Å². The average Bonchev–Trinajstić information content (AvgIpc) is 3.19. The van der Waals surface area contributed by atoms with E-state index in [1.807, 2.05) is 0 Å². The summed E-state index contributed by atoms with van der Waals surface area (Å²) in [5.41, 5.74) is 0.326. The predicted octanol–water partition coefficient (Wildman–Crippen LogP) is 4.47. The summed E-state index contributed by atoms with van der Waals surface area (Å²) >= 11 is 1.30. The van der Waals surface area contributed by atoms with Crippen molar-refractivity contribution in [2.45, 2.75) is 11.9 Å². The van der Waals surface area contributed by atoms with Gasteiger partial charge < -0.3 is 9.47 Å². The molecule has 0 atom stereocenters. The standard InChI is InChI=1S/C20H19F3N2O3S/c1-27-15-4-3-5-16(28-2)17(15)18(26)25-11-10-24-19(25)29-12-13-6-8-14(9-7-13)20(21,22)23/h3-9H,10-12H2,1-2H3. The highest BCUT2D eigenvalue weighted by atomic mass is 32.2. The van der Waals surface area contributed by atoms with E-state index in [-0.39, 0.29) is 5.91 Å². The van der Waals surface area contributed by atoms with Crippen molar-refractivity contribution in [3.05, 3.63) is 59.2 Å². The maximum Gasteiger partial charge on any atom is 0.416 e. The summed E-state index contributed by atoms with van der Waals surface area (Å²) < 4.78 is 48.7. The lowest BCUT2D eigenvalue weighted by molar-refractivity contribution is -0.137. The second-order valence-electron chi connectivity index (χ2n) is 6.14. The molecular weight excluding hydrogens is 405 g/mol. The third kappa shape index (κ3) is 4.67. The predicted molar refractivity (Wildman–Crippen MR) is 106 cm³/mol. The van der Waals surface area contributed by atoms with Crippen LogP contribution in [0.25, 0.3) is 0 Å². The highest BCUT2D eigenvalue weighted by Crippen LogP contribution is 2.32. The molecule has 2 aromatic rings. The summed E-state index contributed by atoms with van der Waals surface area (Å²) in [6.45, 7) is 0.869. The Kier molecular flexibility index (Phi) is 6.36. The molecule has 1 aliphatic rings. The normalized spacial score (nSPS) is 14.0. The lowest BCUT2D eigenvalue weighted by atomic mass is 10.1. The van der Waals surface area contributed by atoms with Crippen LogP contribution in [0.1, 0.15) is 21.5 Å². The molecule has 29 heavy (non-hydrogen) atoms. The first kappa shape index (κ1) is 21.0. The number of amides is 1. The lowest BCUT2D eigenvalue weighted by Crippen LogP contribution is -2.33. The number of rotatable bonds is 5. The smallest absolute Gasteiger partial charge is 0.416 e. The van der Waals surface area contributed by atoms with Crippen molar-refractivity contribution >= 4 is 22.8 Å². The fraction of sp³-hybridized carbons (Fsp3) is 0.300. The number of nitrogens with zero attached hydrogens (tertiary/aromatic N) is 2. The van der Waals surface area contributed by atoms with E-state index in [1.165, 1.54) is 43.0 Å². The minimum atomic E-state index is -4.36. The van der Waals surface area contributed by atoms with E-state index >= 15 is 0 Å². The van der Waals surface area contributed by atoms with Gasteiger partial charge in [0.2, 0.25) is 0 Å². The molecule has 0 spiro atoms. The van der Waals surface area contributed by atoms with Crippen LogP contribution in [-0.4, -0.2) is 43.3 Å². The highest BCUT2D eigenvalue weighted by Gasteiger charge is 2.31. The Morgan fingerprint density at radius 1 is 1.10 bits per heavy atom. The number of aliphatic imine (C=N–C) groups is 1. The number of thioether (sulfide) groups is 1. The second kappa shape index (κ2) is 8.77. The Morgan fingerprint density at radius 2 is 1.72 bits per heavy atom.